The summed E-state index contributed by atoms with van der Waals surface area (Å²) >= 11 is 3.29. The number of nitro groups is 1. The molecule has 0 aromatic carbocycles. The van der Waals surface area contributed by atoms with Gasteiger partial charge < -0.3 is 9.88 Å². The molecular weight excluding hydrogens is 278 g/mol. The van der Waals surface area contributed by atoms with Gasteiger partial charge in [-0.05, 0) is 0 Å². The van der Waals surface area contributed by atoms with Gasteiger partial charge in [-0.25, -0.2) is 0 Å². The largest absolute Gasteiger partial charge is 0.350 e. The Morgan fingerprint density at radius 3 is 2.81 bits per heavy atom. The van der Waals surface area contributed by atoms with Crippen LogP contribution in [0.25, 0.3) is 0 Å². The van der Waals surface area contributed by atoms with Crippen molar-refractivity contribution in [3.05, 3.63) is 28.1 Å². The Morgan fingerprint density at radius 2 is 2.38 bits per heavy atom. The summed E-state index contributed by atoms with van der Waals surface area (Å²) in [6.45, 7) is 2.37. The third kappa shape index (κ3) is 3.06. The fourth-order valence-electron chi connectivity index (χ4n) is 1.20. The minimum Gasteiger partial charge on any atom is -0.350 e. The lowest BCUT2D eigenvalue weighted by Crippen LogP contribution is -2.29. The minimum absolute atomic E-state index is 0.0838. The number of carbonyl (C=O) groups is 1. The van der Waals surface area contributed by atoms with E-state index in [9.17, 15) is 14.9 Å². The fourth-order valence-corrected chi connectivity index (χ4v) is 1.36. The minimum atomic E-state index is -0.524. The Morgan fingerprint density at radius 1 is 1.75 bits per heavy atom. The third-order valence-electron chi connectivity index (χ3n) is 1.98. The molecule has 0 aliphatic carbocycles. The topological polar surface area (TPSA) is 77.2 Å². The van der Waals surface area contributed by atoms with E-state index in [0.717, 1.165) is 0 Å². The van der Waals surface area contributed by atoms with Gasteiger partial charge in [-0.15, -0.1) is 0 Å². The standard InChI is InChI=1S/C9H12BrN3O3/c1-6(10)4-11-9(14)8-3-7(13(15)16)5-12(8)2/h3,5-6H,4H2,1-2H3,(H,11,14). The molecule has 16 heavy (non-hydrogen) atoms. The molecule has 1 N–H and O–H groups in total. The number of aromatic nitrogens is 1. The average Bonchev–Trinajstić information content (AvgIpc) is 2.57. The number of nitrogens with one attached hydrogen (secondary N) is 1. The lowest BCUT2D eigenvalue weighted by Gasteiger charge is -2.06. The molecule has 6 nitrogen and oxygen atoms in total. The molecule has 0 bridgehead atoms. The second-order valence-corrected chi connectivity index (χ2v) is 5.01. The first-order valence-electron chi connectivity index (χ1n) is 4.65. The molecule has 1 aromatic heterocycles. The molecule has 1 heterocycles. The Hall–Kier alpha value is -1.37. The highest BCUT2D eigenvalue weighted by atomic mass is 79.9. The summed E-state index contributed by atoms with van der Waals surface area (Å²) in [5.74, 6) is -0.318. The van der Waals surface area contributed by atoms with Gasteiger partial charge in [0, 0.05) is 24.5 Å². The zero-order valence-electron chi connectivity index (χ0n) is 8.94. The van der Waals surface area contributed by atoms with Crippen molar-refractivity contribution in [3.8, 4) is 0 Å². The van der Waals surface area contributed by atoms with Crippen molar-refractivity contribution in [2.24, 2.45) is 7.05 Å². The number of hydrogen-bond acceptors (Lipinski definition) is 3. The molecule has 1 aromatic rings. The van der Waals surface area contributed by atoms with Crippen molar-refractivity contribution in [2.45, 2.75) is 11.8 Å². The number of halogens is 1. The molecular formula is C9H12BrN3O3. The summed E-state index contributed by atoms with van der Waals surface area (Å²) in [5.41, 5.74) is 0.194. The number of aryl methyl sites for hydroxylation is 1. The van der Waals surface area contributed by atoms with E-state index in [2.05, 4.69) is 21.2 Å². The van der Waals surface area contributed by atoms with Crippen molar-refractivity contribution in [1.82, 2.24) is 9.88 Å². The van der Waals surface area contributed by atoms with Crippen LogP contribution in [0.15, 0.2) is 12.3 Å². The molecule has 0 saturated carbocycles. The van der Waals surface area contributed by atoms with Crippen LogP contribution >= 0.6 is 15.9 Å². The first-order chi connectivity index (χ1) is 7.41. The maximum atomic E-state index is 11.6. The number of carbonyl (C=O) groups excluding carboxylic acids is 1. The van der Waals surface area contributed by atoms with Crippen molar-refractivity contribution >= 4 is 27.5 Å². The molecule has 0 saturated heterocycles. The van der Waals surface area contributed by atoms with Crippen molar-refractivity contribution < 1.29 is 9.72 Å². The summed E-state index contributed by atoms with van der Waals surface area (Å²) in [4.78, 5) is 21.8. The van der Waals surface area contributed by atoms with E-state index in [-0.39, 0.29) is 22.1 Å². The van der Waals surface area contributed by atoms with Crippen LogP contribution in [-0.4, -0.2) is 26.8 Å². The van der Waals surface area contributed by atoms with E-state index in [0.29, 0.717) is 6.54 Å². The van der Waals surface area contributed by atoms with E-state index >= 15 is 0 Å². The highest BCUT2D eigenvalue weighted by Crippen LogP contribution is 2.14. The zero-order chi connectivity index (χ0) is 12.3. The second-order valence-electron chi connectivity index (χ2n) is 3.44. The number of hydrogen-bond donors (Lipinski definition) is 1. The van der Waals surface area contributed by atoms with Gasteiger partial charge in [-0.3, -0.25) is 14.9 Å². The first-order valence-corrected chi connectivity index (χ1v) is 5.56. The van der Waals surface area contributed by atoms with Crippen LogP contribution in [0, 0.1) is 10.1 Å². The van der Waals surface area contributed by atoms with Gasteiger partial charge in [0.15, 0.2) is 0 Å². The lowest BCUT2D eigenvalue weighted by molar-refractivity contribution is -0.384. The summed E-state index contributed by atoms with van der Waals surface area (Å²) < 4.78 is 1.44. The summed E-state index contributed by atoms with van der Waals surface area (Å²) in [6, 6.07) is 1.26. The summed E-state index contributed by atoms with van der Waals surface area (Å²) in [7, 11) is 1.60. The van der Waals surface area contributed by atoms with Gasteiger partial charge in [0.05, 0.1) is 11.1 Å². The monoisotopic (exact) mass is 289 g/mol. The smallest absolute Gasteiger partial charge is 0.287 e. The Bertz CT molecular complexity index is 414. The van der Waals surface area contributed by atoms with Gasteiger partial charge in [0.1, 0.15) is 5.69 Å². The van der Waals surface area contributed by atoms with Gasteiger partial charge in [-0.1, -0.05) is 22.9 Å². The Kier molecular flexibility index (Phi) is 4.05. The maximum absolute atomic E-state index is 11.6. The number of rotatable bonds is 4. The molecule has 0 aliphatic rings. The van der Waals surface area contributed by atoms with Crippen LogP contribution in [0.5, 0.6) is 0 Å². The van der Waals surface area contributed by atoms with Crippen LogP contribution in [-0.2, 0) is 7.05 Å². The summed E-state index contributed by atoms with van der Waals surface area (Å²) in [5, 5.41) is 13.2. The van der Waals surface area contributed by atoms with E-state index < -0.39 is 4.92 Å². The van der Waals surface area contributed by atoms with E-state index in [1.807, 2.05) is 6.92 Å². The SMILES string of the molecule is CC(Br)CNC(=O)c1cc([N+](=O)[O-])cn1C. The predicted octanol–water partition coefficient (Wildman–Crippen LogP) is 1.45. The Balaban J connectivity index is 2.79. The van der Waals surface area contributed by atoms with Crippen LogP contribution in [0.2, 0.25) is 0 Å². The van der Waals surface area contributed by atoms with Crippen molar-refractivity contribution in [2.75, 3.05) is 6.54 Å². The molecule has 7 heteroatoms. The Labute approximate surface area is 101 Å². The average molecular weight is 290 g/mol. The number of nitrogens with zero attached hydrogens (tertiary/aromatic N) is 2. The maximum Gasteiger partial charge on any atom is 0.287 e. The van der Waals surface area contributed by atoms with Gasteiger partial charge in [0.25, 0.3) is 11.6 Å². The van der Waals surface area contributed by atoms with Gasteiger partial charge >= 0.3 is 0 Å². The molecule has 0 aliphatic heterocycles. The van der Waals surface area contributed by atoms with Crippen LogP contribution in [0.3, 0.4) is 0 Å². The molecule has 1 rings (SSSR count). The van der Waals surface area contributed by atoms with Gasteiger partial charge in [-0.2, -0.15) is 0 Å². The van der Waals surface area contributed by atoms with Crippen LogP contribution < -0.4 is 5.32 Å². The molecule has 0 radical (unpaired) electrons. The third-order valence-corrected chi connectivity index (χ3v) is 2.30. The molecule has 88 valence electrons. The quantitative estimate of drug-likeness (QED) is 0.518. The lowest BCUT2D eigenvalue weighted by atomic mass is 10.3. The molecule has 1 unspecified atom stereocenters. The first kappa shape index (κ1) is 12.7. The van der Waals surface area contributed by atoms with Crippen molar-refractivity contribution in [3.63, 3.8) is 0 Å². The van der Waals surface area contributed by atoms with Gasteiger partial charge in [0.2, 0.25) is 0 Å². The fraction of sp³-hybridized carbons (Fsp3) is 0.444. The van der Waals surface area contributed by atoms with Crippen molar-refractivity contribution in [1.29, 1.82) is 0 Å². The number of amides is 1. The highest BCUT2D eigenvalue weighted by molar-refractivity contribution is 9.09. The van der Waals surface area contributed by atoms with E-state index in [1.54, 1.807) is 7.05 Å². The highest BCUT2D eigenvalue weighted by Gasteiger charge is 2.17. The van der Waals surface area contributed by atoms with Crippen LogP contribution in [0.4, 0.5) is 5.69 Å². The van der Waals surface area contributed by atoms with E-state index in [1.165, 1.54) is 16.8 Å². The predicted molar refractivity (Wildman–Crippen MR) is 62.8 cm³/mol. The summed E-state index contributed by atoms with van der Waals surface area (Å²) in [6.07, 6.45) is 1.31. The second kappa shape index (κ2) is 5.11. The van der Waals surface area contributed by atoms with Crippen LogP contribution in [0.1, 0.15) is 17.4 Å². The number of alkyl halides is 1. The molecule has 0 fully saturated rings. The molecule has 0 spiro atoms. The van der Waals surface area contributed by atoms with E-state index in [4.69, 9.17) is 0 Å². The zero-order valence-corrected chi connectivity index (χ0v) is 10.5. The normalized spacial score (nSPS) is 12.2. The molecule has 1 atom stereocenters. The molecule has 1 amide bonds.